The molecule has 0 aliphatic rings. The molecule has 0 atom stereocenters. The molecule has 0 aliphatic carbocycles. The number of benzene rings is 1. The summed E-state index contributed by atoms with van der Waals surface area (Å²) in [6.07, 6.45) is 4.02. The molecule has 0 bridgehead atoms. The van der Waals surface area contributed by atoms with Gasteiger partial charge in [-0.25, -0.2) is 4.79 Å². The minimum Gasteiger partial charge on any atom is -0.445 e. The Morgan fingerprint density at radius 2 is 1.48 bits per heavy atom. The summed E-state index contributed by atoms with van der Waals surface area (Å²) in [6, 6.07) is 21.5. The average molecular weight is 390 g/mol. The molecule has 3 rings (SSSR count). The number of nitrogens with zero attached hydrogens (tertiary/aromatic N) is 3. The molecule has 1 aromatic carbocycles. The Morgan fingerprint density at radius 1 is 0.862 bits per heavy atom. The highest BCUT2D eigenvalue weighted by atomic mass is 16.5. The van der Waals surface area contributed by atoms with Gasteiger partial charge in [-0.05, 0) is 36.2 Å². The third-order valence-corrected chi connectivity index (χ3v) is 4.36. The monoisotopic (exact) mass is 390 g/mol. The van der Waals surface area contributed by atoms with Gasteiger partial charge in [-0.3, -0.25) is 14.9 Å². The normalized spacial score (nSPS) is 10.7. The number of carbonyl (C=O) groups excluding carboxylic acids is 1. The highest BCUT2D eigenvalue weighted by molar-refractivity contribution is 5.67. The van der Waals surface area contributed by atoms with Gasteiger partial charge in [-0.1, -0.05) is 42.5 Å². The third-order valence-electron chi connectivity index (χ3n) is 4.36. The molecule has 0 fully saturated rings. The standard InChI is InChI=1S/C23H26N4O2/c28-23(29-19-20-9-2-1-3-10-20)26-15-8-16-27(17-21-11-4-6-13-24-21)18-22-12-5-7-14-25-22/h1-7,9-14H,8,15-19H2,(H,26,28). The fraction of sp³-hybridized carbons (Fsp3) is 0.261. The smallest absolute Gasteiger partial charge is 0.407 e. The number of alkyl carbamates (subject to hydrolysis) is 1. The molecule has 0 saturated heterocycles. The highest BCUT2D eigenvalue weighted by Crippen LogP contribution is 2.07. The molecule has 3 aromatic rings. The SMILES string of the molecule is O=C(NCCCN(Cc1ccccn1)Cc1ccccn1)OCc1ccccc1. The Bertz CT molecular complexity index is 803. The second-order valence-electron chi connectivity index (χ2n) is 6.69. The first-order valence-electron chi connectivity index (χ1n) is 9.76. The number of hydrogen-bond donors (Lipinski definition) is 1. The van der Waals surface area contributed by atoms with Crippen LogP contribution in [0.15, 0.2) is 79.1 Å². The molecule has 0 radical (unpaired) electrons. The fourth-order valence-corrected chi connectivity index (χ4v) is 2.92. The molecule has 1 amide bonds. The molecule has 29 heavy (non-hydrogen) atoms. The first-order valence-corrected chi connectivity index (χ1v) is 9.76. The van der Waals surface area contributed by atoms with Crippen molar-refractivity contribution in [3.8, 4) is 0 Å². The van der Waals surface area contributed by atoms with Crippen molar-refractivity contribution < 1.29 is 9.53 Å². The number of nitrogens with one attached hydrogen (secondary N) is 1. The molecule has 0 saturated carbocycles. The molecule has 0 unspecified atom stereocenters. The molecule has 1 N–H and O–H groups in total. The predicted octanol–water partition coefficient (Wildman–Crippen LogP) is 3.80. The van der Waals surface area contributed by atoms with Gasteiger partial charge in [0.15, 0.2) is 0 Å². The van der Waals surface area contributed by atoms with E-state index in [9.17, 15) is 4.79 Å². The third kappa shape index (κ3) is 7.71. The Balaban J connectivity index is 1.43. The Morgan fingerprint density at radius 3 is 2.07 bits per heavy atom. The van der Waals surface area contributed by atoms with E-state index in [1.807, 2.05) is 66.7 Å². The second kappa shape index (κ2) is 11.6. The second-order valence-corrected chi connectivity index (χ2v) is 6.69. The van der Waals surface area contributed by atoms with Gasteiger partial charge < -0.3 is 10.1 Å². The zero-order valence-electron chi connectivity index (χ0n) is 16.4. The molecular formula is C23H26N4O2. The molecule has 2 heterocycles. The van der Waals surface area contributed by atoms with Crippen molar-refractivity contribution in [2.45, 2.75) is 26.1 Å². The number of rotatable bonds is 10. The molecule has 150 valence electrons. The Kier molecular flexibility index (Phi) is 8.17. The van der Waals surface area contributed by atoms with Gasteiger partial charge in [-0.15, -0.1) is 0 Å². The van der Waals surface area contributed by atoms with Crippen LogP contribution in [-0.4, -0.2) is 34.1 Å². The lowest BCUT2D eigenvalue weighted by Gasteiger charge is -2.21. The minimum absolute atomic E-state index is 0.276. The van der Waals surface area contributed by atoms with Crippen molar-refractivity contribution in [3.63, 3.8) is 0 Å². The molecule has 0 aliphatic heterocycles. The van der Waals surface area contributed by atoms with Crippen molar-refractivity contribution in [1.29, 1.82) is 0 Å². The van der Waals surface area contributed by atoms with E-state index in [1.54, 1.807) is 12.4 Å². The van der Waals surface area contributed by atoms with Crippen molar-refractivity contribution in [2.75, 3.05) is 13.1 Å². The first kappa shape index (κ1) is 20.5. The van der Waals surface area contributed by atoms with E-state index in [4.69, 9.17) is 4.74 Å². The number of aromatic nitrogens is 2. The van der Waals surface area contributed by atoms with Crippen LogP contribution >= 0.6 is 0 Å². The maximum Gasteiger partial charge on any atom is 0.407 e. The predicted molar refractivity (Wildman–Crippen MR) is 112 cm³/mol. The van der Waals surface area contributed by atoms with E-state index < -0.39 is 6.09 Å². The summed E-state index contributed by atoms with van der Waals surface area (Å²) in [5.41, 5.74) is 3.00. The highest BCUT2D eigenvalue weighted by Gasteiger charge is 2.09. The van der Waals surface area contributed by atoms with Gasteiger partial charge in [-0.2, -0.15) is 0 Å². The summed E-state index contributed by atoms with van der Waals surface area (Å²) in [7, 11) is 0. The van der Waals surface area contributed by atoms with E-state index in [-0.39, 0.29) is 6.61 Å². The molecule has 0 spiro atoms. The maximum absolute atomic E-state index is 11.9. The van der Waals surface area contributed by atoms with Crippen LogP contribution in [0.2, 0.25) is 0 Å². The van der Waals surface area contributed by atoms with Crippen LogP contribution in [0.1, 0.15) is 23.4 Å². The molecule has 6 nitrogen and oxygen atoms in total. The van der Waals surface area contributed by atoms with Crippen LogP contribution in [0.25, 0.3) is 0 Å². The van der Waals surface area contributed by atoms with Crippen LogP contribution in [0, 0.1) is 0 Å². The number of hydrogen-bond acceptors (Lipinski definition) is 5. The number of pyridine rings is 2. The van der Waals surface area contributed by atoms with E-state index in [0.29, 0.717) is 6.54 Å². The largest absolute Gasteiger partial charge is 0.445 e. The van der Waals surface area contributed by atoms with Gasteiger partial charge in [0.25, 0.3) is 0 Å². The van der Waals surface area contributed by atoms with E-state index in [0.717, 1.165) is 43.0 Å². The van der Waals surface area contributed by atoms with Crippen molar-refractivity contribution in [2.24, 2.45) is 0 Å². The summed E-state index contributed by atoms with van der Waals surface area (Å²) in [5, 5.41) is 2.82. The van der Waals surface area contributed by atoms with E-state index in [1.165, 1.54) is 0 Å². The lowest BCUT2D eigenvalue weighted by molar-refractivity contribution is 0.139. The van der Waals surface area contributed by atoms with Crippen molar-refractivity contribution >= 4 is 6.09 Å². The topological polar surface area (TPSA) is 67.4 Å². The molecule has 6 heteroatoms. The van der Waals surface area contributed by atoms with E-state index >= 15 is 0 Å². The fourth-order valence-electron chi connectivity index (χ4n) is 2.92. The van der Waals surface area contributed by atoms with Crippen molar-refractivity contribution in [1.82, 2.24) is 20.2 Å². The van der Waals surface area contributed by atoms with Crippen LogP contribution in [0.4, 0.5) is 4.79 Å². The zero-order chi connectivity index (χ0) is 20.2. The summed E-state index contributed by atoms with van der Waals surface area (Å²) < 4.78 is 5.24. The summed E-state index contributed by atoms with van der Waals surface area (Å²) in [6.45, 7) is 3.10. The zero-order valence-corrected chi connectivity index (χ0v) is 16.4. The Labute approximate surface area is 171 Å². The van der Waals surface area contributed by atoms with Gasteiger partial charge in [0.2, 0.25) is 0 Å². The van der Waals surface area contributed by atoms with Crippen LogP contribution in [0.5, 0.6) is 0 Å². The van der Waals surface area contributed by atoms with Gasteiger partial charge in [0.05, 0.1) is 11.4 Å². The number of amides is 1. The van der Waals surface area contributed by atoms with Crippen LogP contribution in [-0.2, 0) is 24.4 Å². The Hall–Kier alpha value is -3.25. The van der Waals surface area contributed by atoms with Crippen molar-refractivity contribution in [3.05, 3.63) is 96.1 Å². The minimum atomic E-state index is -0.394. The summed E-state index contributed by atoms with van der Waals surface area (Å²) in [5.74, 6) is 0. The molecular weight excluding hydrogens is 364 g/mol. The molecule has 2 aromatic heterocycles. The summed E-state index contributed by atoms with van der Waals surface area (Å²) >= 11 is 0. The van der Waals surface area contributed by atoms with Gasteiger partial charge in [0.1, 0.15) is 6.61 Å². The van der Waals surface area contributed by atoms with Gasteiger partial charge >= 0.3 is 6.09 Å². The lowest BCUT2D eigenvalue weighted by atomic mass is 10.2. The van der Waals surface area contributed by atoms with Gasteiger partial charge in [0, 0.05) is 38.6 Å². The van der Waals surface area contributed by atoms with E-state index in [2.05, 4.69) is 20.2 Å². The first-order chi connectivity index (χ1) is 14.3. The lowest BCUT2D eigenvalue weighted by Crippen LogP contribution is -2.30. The maximum atomic E-state index is 11.9. The quantitative estimate of drug-likeness (QED) is 0.534. The van der Waals surface area contributed by atoms with Crippen LogP contribution < -0.4 is 5.32 Å². The summed E-state index contributed by atoms with van der Waals surface area (Å²) in [4.78, 5) is 23.0. The number of carbonyl (C=O) groups is 1. The number of ether oxygens (including phenoxy) is 1. The average Bonchev–Trinajstić information content (AvgIpc) is 2.77. The van der Waals surface area contributed by atoms with Crippen LogP contribution in [0.3, 0.4) is 0 Å².